The van der Waals surface area contributed by atoms with E-state index >= 15 is 0 Å². The molecule has 0 bridgehead atoms. The Labute approximate surface area is 181 Å². The molecular formula is C21H18F3N7O. The van der Waals surface area contributed by atoms with E-state index in [0.29, 0.717) is 11.7 Å². The lowest BCUT2D eigenvalue weighted by atomic mass is 10.0. The van der Waals surface area contributed by atoms with Gasteiger partial charge in [-0.1, -0.05) is 6.07 Å². The van der Waals surface area contributed by atoms with Gasteiger partial charge in [-0.15, -0.1) is 0 Å². The van der Waals surface area contributed by atoms with Crippen molar-refractivity contribution in [3.05, 3.63) is 53.7 Å². The summed E-state index contributed by atoms with van der Waals surface area (Å²) in [6.07, 6.45) is 3.56. The fourth-order valence-corrected chi connectivity index (χ4v) is 3.07. The number of alkyl halides is 2. The Morgan fingerprint density at radius 1 is 1.31 bits per heavy atom. The minimum Gasteiger partial charge on any atom is -0.336 e. The van der Waals surface area contributed by atoms with Crippen LogP contribution in [0.2, 0.25) is 0 Å². The molecule has 1 aliphatic rings. The van der Waals surface area contributed by atoms with E-state index in [0.717, 1.165) is 31.2 Å². The van der Waals surface area contributed by atoms with Crippen LogP contribution in [0.25, 0.3) is 11.3 Å². The molecule has 1 unspecified atom stereocenters. The molecule has 3 aromatic rings. The highest BCUT2D eigenvalue weighted by atomic mass is 19.3. The maximum Gasteiger partial charge on any atom is 0.267 e. The second-order valence-electron chi connectivity index (χ2n) is 7.38. The largest absolute Gasteiger partial charge is 0.336 e. The van der Waals surface area contributed by atoms with E-state index in [9.17, 15) is 18.0 Å². The van der Waals surface area contributed by atoms with Crippen molar-refractivity contribution in [3.8, 4) is 17.3 Å². The average molecular weight is 441 g/mol. The first-order valence-electron chi connectivity index (χ1n) is 9.82. The number of carbonyl (C=O) groups is 1. The van der Waals surface area contributed by atoms with Crippen LogP contribution in [0, 0.1) is 17.1 Å². The first kappa shape index (κ1) is 21.3. The highest BCUT2D eigenvalue weighted by molar-refractivity contribution is 5.95. The molecule has 1 aromatic carbocycles. The summed E-state index contributed by atoms with van der Waals surface area (Å²) in [4.78, 5) is 20.2. The molecule has 11 heteroatoms. The summed E-state index contributed by atoms with van der Waals surface area (Å²) in [7, 11) is 0. The predicted molar refractivity (Wildman–Crippen MR) is 109 cm³/mol. The Bertz CT molecular complexity index is 1200. The Balaban J connectivity index is 1.63. The number of halogens is 3. The van der Waals surface area contributed by atoms with Crippen LogP contribution < -0.4 is 10.6 Å². The highest BCUT2D eigenvalue weighted by Gasteiger charge is 2.24. The lowest BCUT2D eigenvalue weighted by Crippen LogP contribution is -2.31. The molecule has 1 atom stereocenters. The molecule has 4 rings (SSSR count). The first-order valence-corrected chi connectivity index (χ1v) is 9.82. The number of aromatic nitrogens is 4. The fourth-order valence-electron chi connectivity index (χ4n) is 3.07. The molecule has 0 aliphatic heterocycles. The van der Waals surface area contributed by atoms with Gasteiger partial charge in [-0.25, -0.2) is 23.1 Å². The van der Waals surface area contributed by atoms with Gasteiger partial charge in [0.1, 0.15) is 11.9 Å². The van der Waals surface area contributed by atoms with E-state index in [1.165, 1.54) is 13.0 Å². The third-order valence-corrected chi connectivity index (χ3v) is 4.86. The number of hydrogen-bond acceptors (Lipinski definition) is 6. The van der Waals surface area contributed by atoms with Gasteiger partial charge in [-0.2, -0.15) is 10.4 Å². The molecule has 2 N–H and O–H groups in total. The van der Waals surface area contributed by atoms with Gasteiger partial charge in [-0.05, 0) is 31.9 Å². The molecule has 32 heavy (non-hydrogen) atoms. The lowest BCUT2D eigenvalue weighted by molar-refractivity contribution is 0.0943. The molecule has 2 aromatic heterocycles. The number of anilines is 2. The summed E-state index contributed by atoms with van der Waals surface area (Å²) < 4.78 is 43.5. The number of amides is 1. The quantitative estimate of drug-likeness (QED) is 0.571. The molecule has 1 aliphatic carbocycles. The van der Waals surface area contributed by atoms with Gasteiger partial charge in [-0.3, -0.25) is 9.48 Å². The summed E-state index contributed by atoms with van der Waals surface area (Å²) in [6, 6.07) is 4.80. The highest BCUT2D eigenvalue weighted by Crippen LogP contribution is 2.35. The standard InChI is InChI=1S/C21H18F3N7O/c1-11(7-25)28-20(32)15-5-2-12(6-17(15)22)18-16(19(23)24)9-26-21(30-18)29-13-8-27-31(10-13)14-3-4-14/h2,5-6,8-11,14,19H,3-4H2,1H3,(H,28,32)(H,26,29,30). The van der Waals surface area contributed by atoms with Crippen LogP contribution in [0.5, 0.6) is 0 Å². The number of rotatable bonds is 7. The Kier molecular flexibility index (Phi) is 5.77. The maximum absolute atomic E-state index is 14.6. The van der Waals surface area contributed by atoms with E-state index in [-0.39, 0.29) is 22.8 Å². The van der Waals surface area contributed by atoms with E-state index in [2.05, 4.69) is 25.7 Å². The summed E-state index contributed by atoms with van der Waals surface area (Å²) in [5, 5.41) is 18.3. The summed E-state index contributed by atoms with van der Waals surface area (Å²) in [5.74, 6) is -1.66. The van der Waals surface area contributed by atoms with Gasteiger partial charge in [0.15, 0.2) is 0 Å². The van der Waals surface area contributed by atoms with Gasteiger partial charge in [0.25, 0.3) is 12.3 Å². The van der Waals surface area contributed by atoms with Gasteiger partial charge in [0.2, 0.25) is 5.95 Å². The Morgan fingerprint density at radius 2 is 2.09 bits per heavy atom. The Hall–Kier alpha value is -3.94. The van der Waals surface area contributed by atoms with Crippen molar-refractivity contribution < 1.29 is 18.0 Å². The third-order valence-electron chi connectivity index (χ3n) is 4.86. The van der Waals surface area contributed by atoms with E-state index < -0.39 is 29.8 Å². The lowest BCUT2D eigenvalue weighted by Gasteiger charge is -2.12. The van der Waals surface area contributed by atoms with Crippen molar-refractivity contribution in [2.24, 2.45) is 0 Å². The molecule has 164 valence electrons. The van der Waals surface area contributed by atoms with E-state index in [1.807, 2.05) is 10.8 Å². The first-order chi connectivity index (χ1) is 15.4. The van der Waals surface area contributed by atoms with Crippen LogP contribution in [0.15, 0.2) is 36.8 Å². The van der Waals surface area contributed by atoms with Crippen molar-refractivity contribution >= 4 is 17.5 Å². The normalized spacial score (nSPS) is 14.1. The topological polar surface area (TPSA) is 109 Å². The van der Waals surface area contributed by atoms with Gasteiger partial charge >= 0.3 is 0 Å². The van der Waals surface area contributed by atoms with Gasteiger partial charge in [0.05, 0.1) is 40.8 Å². The fraction of sp³-hybridized carbons (Fsp3) is 0.286. The SMILES string of the molecule is CC(C#N)NC(=O)c1ccc(-c2nc(Nc3cnn(C4CC4)c3)ncc2C(F)F)cc1F. The number of nitrogens with one attached hydrogen (secondary N) is 2. The van der Waals surface area contributed by atoms with Crippen molar-refractivity contribution in [2.45, 2.75) is 38.3 Å². The molecule has 0 saturated heterocycles. The third kappa shape index (κ3) is 4.54. The number of hydrogen-bond donors (Lipinski definition) is 2. The van der Waals surface area contributed by atoms with Crippen LogP contribution in [0.1, 0.15) is 48.2 Å². The maximum atomic E-state index is 14.6. The van der Waals surface area contributed by atoms with Gasteiger partial charge in [0, 0.05) is 18.0 Å². The summed E-state index contributed by atoms with van der Waals surface area (Å²) >= 11 is 0. The molecule has 0 spiro atoms. The van der Waals surface area contributed by atoms with Crippen LogP contribution in [0.4, 0.5) is 24.8 Å². The van der Waals surface area contributed by atoms with Crippen molar-refractivity contribution in [1.82, 2.24) is 25.1 Å². The van der Waals surface area contributed by atoms with Crippen LogP contribution >= 0.6 is 0 Å². The van der Waals surface area contributed by atoms with Crippen LogP contribution in [-0.4, -0.2) is 31.7 Å². The second-order valence-corrected chi connectivity index (χ2v) is 7.38. The van der Waals surface area contributed by atoms with Gasteiger partial charge < -0.3 is 10.6 Å². The molecule has 0 radical (unpaired) electrons. The molecule has 1 fully saturated rings. The summed E-state index contributed by atoms with van der Waals surface area (Å²) in [5.41, 5.74) is -0.295. The minimum atomic E-state index is -2.89. The number of carbonyl (C=O) groups excluding carboxylic acids is 1. The zero-order valence-corrected chi connectivity index (χ0v) is 16.9. The minimum absolute atomic E-state index is 0.0461. The summed E-state index contributed by atoms with van der Waals surface area (Å²) in [6.45, 7) is 1.45. The number of nitriles is 1. The zero-order valence-electron chi connectivity index (χ0n) is 16.9. The van der Waals surface area contributed by atoms with E-state index in [1.54, 1.807) is 12.4 Å². The van der Waals surface area contributed by atoms with Crippen LogP contribution in [0.3, 0.4) is 0 Å². The van der Waals surface area contributed by atoms with E-state index in [4.69, 9.17) is 5.26 Å². The van der Waals surface area contributed by atoms with Crippen molar-refractivity contribution in [3.63, 3.8) is 0 Å². The van der Waals surface area contributed by atoms with Crippen LogP contribution in [-0.2, 0) is 0 Å². The van der Waals surface area contributed by atoms with Crippen molar-refractivity contribution in [1.29, 1.82) is 5.26 Å². The number of nitrogens with zero attached hydrogens (tertiary/aromatic N) is 5. The average Bonchev–Trinajstić information content (AvgIpc) is 3.52. The van der Waals surface area contributed by atoms with Crippen molar-refractivity contribution in [2.75, 3.05) is 5.32 Å². The molecule has 1 amide bonds. The second kappa shape index (κ2) is 8.66. The number of benzene rings is 1. The molecule has 8 nitrogen and oxygen atoms in total. The zero-order chi connectivity index (χ0) is 22.8. The molecule has 1 saturated carbocycles. The Morgan fingerprint density at radius 3 is 2.75 bits per heavy atom. The molecular weight excluding hydrogens is 423 g/mol. The monoisotopic (exact) mass is 441 g/mol. The molecule has 2 heterocycles. The smallest absolute Gasteiger partial charge is 0.267 e. The predicted octanol–water partition coefficient (Wildman–Crippen LogP) is 4.14.